The zero-order chi connectivity index (χ0) is 21.8. The van der Waals surface area contributed by atoms with Gasteiger partial charge in [0, 0.05) is 6.04 Å². The minimum Gasteiger partial charge on any atom is -0.477 e. The molecule has 3 amide bonds. The zero-order valence-electron chi connectivity index (χ0n) is 17.2. The molecule has 31 heavy (non-hydrogen) atoms. The largest absolute Gasteiger partial charge is 0.477 e. The molecule has 0 aromatic heterocycles. The fourth-order valence-electron chi connectivity index (χ4n) is 4.09. The highest BCUT2D eigenvalue weighted by molar-refractivity contribution is 6.04. The van der Waals surface area contributed by atoms with Crippen LogP contribution in [0, 0.1) is 0 Å². The molecule has 1 fully saturated rings. The van der Waals surface area contributed by atoms with Gasteiger partial charge in [-0.05, 0) is 37.1 Å². The maximum Gasteiger partial charge on any atom is 0.260 e. The van der Waals surface area contributed by atoms with Crippen LogP contribution < -0.4 is 26.0 Å². The summed E-state index contributed by atoms with van der Waals surface area (Å²) in [6, 6.07) is 14.3. The first-order chi connectivity index (χ1) is 15.0. The molecule has 8 heteroatoms. The molecule has 0 saturated heterocycles. The van der Waals surface area contributed by atoms with Gasteiger partial charge in [0.05, 0.1) is 30.0 Å². The van der Waals surface area contributed by atoms with Crippen LogP contribution in [0.2, 0.25) is 0 Å². The van der Waals surface area contributed by atoms with E-state index >= 15 is 0 Å². The van der Waals surface area contributed by atoms with Crippen molar-refractivity contribution in [3.63, 3.8) is 0 Å². The van der Waals surface area contributed by atoms with Crippen LogP contribution >= 0.6 is 0 Å². The molecule has 8 nitrogen and oxygen atoms in total. The van der Waals surface area contributed by atoms with Gasteiger partial charge in [-0.3, -0.25) is 14.4 Å². The third kappa shape index (κ3) is 4.79. The molecular weight excluding hydrogens is 396 g/mol. The predicted molar refractivity (Wildman–Crippen MR) is 117 cm³/mol. The van der Waals surface area contributed by atoms with E-state index in [1.807, 2.05) is 12.1 Å². The number of carbonyl (C=O) groups is 3. The second kappa shape index (κ2) is 9.07. The van der Waals surface area contributed by atoms with Crippen molar-refractivity contribution < 1.29 is 19.1 Å². The van der Waals surface area contributed by atoms with E-state index in [-0.39, 0.29) is 30.9 Å². The quantitative estimate of drug-likeness (QED) is 0.659. The number of benzene rings is 2. The van der Waals surface area contributed by atoms with Crippen molar-refractivity contribution in [3.05, 3.63) is 54.1 Å². The molecule has 2 aromatic carbocycles. The summed E-state index contributed by atoms with van der Waals surface area (Å²) in [5.41, 5.74) is 7.02. The second-order valence-corrected chi connectivity index (χ2v) is 7.91. The number of carbonyl (C=O) groups excluding carboxylic acids is 3. The Morgan fingerprint density at radius 2 is 1.74 bits per heavy atom. The number of primary amides is 1. The predicted octanol–water partition coefficient (Wildman–Crippen LogP) is 2.05. The Hall–Kier alpha value is -3.55. The Kier molecular flexibility index (Phi) is 6.06. The molecule has 4 N–H and O–H groups in total. The molecule has 0 radical (unpaired) electrons. The average molecular weight is 422 g/mol. The molecule has 0 bridgehead atoms. The summed E-state index contributed by atoms with van der Waals surface area (Å²) < 4.78 is 5.64. The lowest BCUT2D eigenvalue weighted by Crippen LogP contribution is -2.49. The molecule has 1 saturated carbocycles. The van der Waals surface area contributed by atoms with E-state index in [2.05, 4.69) is 10.6 Å². The minimum atomic E-state index is -0.841. The normalized spacial score (nSPS) is 18.1. The standard InChI is InChI=1S/C23H26N4O4/c24-22(29)20-13-27(18-11-5-6-12-19(18)31-20)14-21(28)26-17-10-4-3-9-16(17)23(30)25-15-7-1-2-8-15/h3-6,9-12,15,20H,1-2,7-8,13-14H2,(H2,24,29)(H,25,30)(H,26,28)/t20-/m1/s1. The summed E-state index contributed by atoms with van der Waals surface area (Å²) in [4.78, 5) is 39.0. The van der Waals surface area contributed by atoms with Crippen LogP contribution in [0.5, 0.6) is 5.75 Å². The van der Waals surface area contributed by atoms with Crippen molar-refractivity contribution >= 4 is 29.1 Å². The number of anilines is 2. The van der Waals surface area contributed by atoms with Gasteiger partial charge in [0.2, 0.25) is 5.91 Å². The van der Waals surface area contributed by atoms with Crippen molar-refractivity contribution in [2.75, 3.05) is 23.3 Å². The van der Waals surface area contributed by atoms with Gasteiger partial charge >= 0.3 is 0 Å². The minimum absolute atomic E-state index is 0.0112. The Labute approximate surface area is 180 Å². The molecule has 0 unspecified atom stereocenters. The third-order valence-corrected chi connectivity index (χ3v) is 5.65. The Bertz CT molecular complexity index is 987. The van der Waals surface area contributed by atoms with E-state index in [0.29, 0.717) is 22.7 Å². The van der Waals surface area contributed by atoms with Crippen LogP contribution in [0.15, 0.2) is 48.5 Å². The van der Waals surface area contributed by atoms with Crippen molar-refractivity contribution in [1.29, 1.82) is 0 Å². The summed E-state index contributed by atoms with van der Waals surface area (Å²) in [5.74, 6) is -0.579. The van der Waals surface area contributed by atoms with Gasteiger partial charge in [-0.25, -0.2) is 0 Å². The Morgan fingerprint density at radius 1 is 1.03 bits per heavy atom. The fourth-order valence-corrected chi connectivity index (χ4v) is 4.09. The Morgan fingerprint density at radius 3 is 2.52 bits per heavy atom. The number of nitrogens with two attached hydrogens (primary N) is 1. The topological polar surface area (TPSA) is 114 Å². The van der Waals surface area contributed by atoms with E-state index in [4.69, 9.17) is 10.5 Å². The first-order valence-corrected chi connectivity index (χ1v) is 10.5. The molecule has 1 aliphatic heterocycles. The highest BCUT2D eigenvalue weighted by atomic mass is 16.5. The molecule has 1 atom stereocenters. The molecule has 0 spiro atoms. The number of hydrogen-bond donors (Lipinski definition) is 3. The maximum absolute atomic E-state index is 12.8. The molecule has 162 valence electrons. The lowest BCUT2D eigenvalue weighted by atomic mass is 10.1. The van der Waals surface area contributed by atoms with E-state index in [1.165, 1.54) is 0 Å². The molecule has 1 heterocycles. The number of rotatable bonds is 6. The van der Waals surface area contributed by atoms with Crippen molar-refractivity contribution in [2.45, 2.75) is 37.8 Å². The zero-order valence-corrected chi connectivity index (χ0v) is 17.2. The number of nitrogens with zero attached hydrogens (tertiary/aromatic N) is 1. The van der Waals surface area contributed by atoms with Gasteiger partial charge in [0.15, 0.2) is 6.10 Å². The first-order valence-electron chi connectivity index (χ1n) is 10.5. The SMILES string of the molecule is NC(=O)[C@H]1CN(CC(=O)Nc2ccccc2C(=O)NC2CCCC2)c2ccccc2O1. The highest BCUT2D eigenvalue weighted by Crippen LogP contribution is 2.33. The number of ether oxygens (including phenoxy) is 1. The van der Waals surface area contributed by atoms with Gasteiger partial charge < -0.3 is 26.0 Å². The van der Waals surface area contributed by atoms with E-state index in [1.54, 1.807) is 41.3 Å². The summed E-state index contributed by atoms with van der Waals surface area (Å²) in [7, 11) is 0. The van der Waals surface area contributed by atoms with Crippen LogP contribution in [0.1, 0.15) is 36.0 Å². The summed E-state index contributed by atoms with van der Waals surface area (Å²) in [5, 5.41) is 5.89. The number of amides is 3. The van der Waals surface area contributed by atoms with Gasteiger partial charge in [-0.1, -0.05) is 37.1 Å². The third-order valence-electron chi connectivity index (χ3n) is 5.65. The van der Waals surface area contributed by atoms with Gasteiger partial charge in [-0.2, -0.15) is 0 Å². The number of hydrogen-bond acceptors (Lipinski definition) is 5. The van der Waals surface area contributed by atoms with Crippen molar-refractivity contribution in [2.24, 2.45) is 5.73 Å². The average Bonchev–Trinajstić information content (AvgIpc) is 3.27. The highest BCUT2D eigenvalue weighted by Gasteiger charge is 2.30. The second-order valence-electron chi connectivity index (χ2n) is 7.91. The maximum atomic E-state index is 12.8. The van der Waals surface area contributed by atoms with Gasteiger partial charge in [0.1, 0.15) is 5.75 Å². The summed E-state index contributed by atoms with van der Waals surface area (Å²) >= 11 is 0. The molecule has 4 rings (SSSR count). The molecular formula is C23H26N4O4. The van der Waals surface area contributed by atoms with Crippen LogP contribution in [0.3, 0.4) is 0 Å². The molecule has 1 aliphatic carbocycles. The lowest BCUT2D eigenvalue weighted by Gasteiger charge is -2.34. The van der Waals surface area contributed by atoms with E-state index in [9.17, 15) is 14.4 Å². The van der Waals surface area contributed by atoms with Gasteiger partial charge in [0.25, 0.3) is 11.8 Å². The van der Waals surface area contributed by atoms with E-state index in [0.717, 1.165) is 25.7 Å². The van der Waals surface area contributed by atoms with Crippen LogP contribution in [0.4, 0.5) is 11.4 Å². The van der Waals surface area contributed by atoms with Crippen molar-refractivity contribution in [1.82, 2.24) is 5.32 Å². The first kappa shape index (κ1) is 20.7. The van der Waals surface area contributed by atoms with Gasteiger partial charge in [-0.15, -0.1) is 0 Å². The van der Waals surface area contributed by atoms with Crippen LogP contribution in [-0.2, 0) is 9.59 Å². The fraction of sp³-hybridized carbons (Fsp3) is 0.348. The smallest absolute Gasteiger partial charge is 0.260 e. The number of nitrogens with one attached hydrogen (secondary N) is 2. The Balaban J connectivity index is 1.47. The van der Waals surface area contributed by atoms with Crippen molar-refractivity contribution in [3.8, 4) is 5.75 Å². The summed E-state index contributed by atoms with van der Waals surface area (Å²) in [6.45, 7) is 0.159. The van der Waals surface area contributed by atoms with E-state index < -0.39 is 12.0 Å². The van der Waals surface area contributed by atoms with Crippen LogP contribution in [0.25, 0.3) is 0 Å². The number of fused-ring (bicyclic) bond motifs is 1. The lowest BCUT2D eigenvalue weighted by molar-refractivity contribution is -0.125. The monoisotopic (exact) mass is 422 g/mol. The molecule has 2 aromatic rings. The van der Waals surface area contributed by atoms with Crippen LogP contribution in [-0.4, -0.2) is 43.0 Å². The summed E-state index contributed by atoms with van der Waals surface area (Å²) in [6.07, 6.45) is 3.37. The molecule has 2 aliphatic rings. The number of para-hydroxylation sites is 3.